The number of methoxy groups -OCH3 is 1. The minimum absolute atomic E-state index is 0.140. The summed E-state index contributed by atoms with van der Waals surface area (Å²) >= 11 is 2.19. The van der Waals surface area contributed by atoms with Gasteiger partial charge in [-0.05, 0) is 123 Å². The molecule has 1 amide bonds. The Bertz CT molecular complexity index is 1460. The van der Waals surface area contributed by atoms with E-state index in [1.54, 1.807) is 25.3 Å². The van der Waals surface area contributed by atoms with Crippen LogP contribution in [0.25, 0.3) is 5.69 Å². The fraction of sp³-hybridized carbons (Fsp3) is 0.267. The Balaban J connectivity index is 1.33. The van der Waals surface area contributed by atoms with Gasteiger partial charge in [-0.1, -0.05) is 0 Å². The van der Waals surface area contributed by atoms with Crippen molar-refractivity contribution in [3.05, 3.63) is 92.7 Å². The van der Waals surface area contributed by atoms with E-state index in [4.69, 9.17) is 18.6 Å². The Morgan fingerprint density at radius 1 is 1.05 bits per heavy atom. The topological polar surface area (TPSA) is 87.2 Å². The second-order valence-corrected chi connectivity index (χ2v) is 11.1. The Morgan fingerprint density at radius 2 is 1.74 bits per heavy atom. The predicted octanol–water partition coefficient (Wildman–Crippen LogP) is 6.82. The molecule has 4 rings (SSSR count). The third kappa shape index (κ3) is 7.23. The maximum atomic E-state index is 12.5. The molecule has 0 saturated carbocycles. The third-order valence-corrected chi connectivity index (χ3v) is 6.47. The van der Waals surface area contributed by atoms with E-state index in [1.165, 1.54) is 17.6 Å². The largest absolute Gasteiger partial charge is 0.493 e. The lowest BCUT2D eigenvalue weighted by molar-refractivity contribution is 0.0923. The van der Waals surface area contributed by atoms with Crippen LogP contribution in [0, 0.1) is 17.4 Å². The minimum Gasteiger partial charge on any atom is -0.493 e. The number of amides is 1. The number of ether oxygens (including phenoxy) is 3. The lowest BCUT2D eigenvalue weighted by Gasteiger charge is -2.24. The number of nitrogens with one attached hydrogen (secondary N) is 1. The van der Waals surface area contributed by atoms with Gasteiger partial charge in [0, 0.05) is 17.1 Å². The molecule has 2 aromatic heterocycles. The van der Waals surface area contributed by atoms with Gasteiger partial charge in [0.2, 0.25) is 0 Å². The van der Waals surface area contributed by atoms with Gasteiger partial charge in [-0.15, -0.1) is 0 Å². The van der Waals surface area contributed by atoms with Crippen LogP contribution in [0.5, 0.6) is 17.2 Å². The highest BCUT2D eigenvalue weighted by Crippen LogP contribution is 2.36. The first-order valence-electron chi connectivity index (χ1n) is 12.4. The van der Waals surface area contributed by atoms with Crippen molar-refractivity contribution in [2.45, 2.75) is 46.8 Å². The van der Waals surface area contributed by atoms with Crippen molar-refractivity contribution in [2.24, 2.45) is 5.10 Å². The Morgan fingerprint density at radius 3 is 2.38 bits per heavy atom. The molecule has 0 unspecified atom stereocenters. The van der Waals surface area contributed by atoms with Crippen LogP contribution in [0.1, 0.15) is 54.0 Å². The van der Waals surface area contributed by atoms with Crippen LogP contribution in [0.15, 0.2) is 70.2 Å². The zero-order valence-electron chi connectivity index (χ0n) is 22.9. The number of aromatic nitrogens is 1. The van der Waals surface area contributed by atoms with E-state index in [0.29, 0.717) is 23.0 Å². The lowest BCUT2D eigenvalue weighted by Crippen LogP contribution is -2.24. The Kier molecular flexibility index (Phi) is 8.69. The van der Waals surface area contributed by atoms with E-state index in [9.17, 15) is 4.79 Å². The van der Waals surface area contributed by atoms with Crippen LogP contribution in [0.3, 0.4) is 0 Å². The molecule has 1 N–H and O–H groups in total. The number of furan rings is 1. The number of benzene rings is 2. The second-order valence-electron chi connectivity index (χ2n) is 9.95. The van der Waals surface area contributed by atoms with Crippen molar-refractivity contribution in [1.29, 1.82) is 0 Å². The standard InChI is InChI=1S/C30H32IN3O5/c1-19-7-8-20(2)34(19)22-9-11-23(12-10-22)37-18-24-13-14-26(38-24)29(35)33-32-17-21-15-25(31)28(27(16-21)36-6)39-30(3,4)5/h7-17H,18H2,1-6H3,(H,33,35)/b32-17+. The highest BCUT2D eigenvalue weighted by Gasteiger charge is 2.19. The summed E-state index contributed by atoms with van der Waals surface area (Å²) in [6, 6.07) is 19.0. The van der Waals surface area contributed by atoms with E-state index in [-0.39, 0.29) is 18.0 Å². The van der Waals surface area contributed by atoms with Crippen molar-refractivity contribution >= 4 is 34.7 Å². The third-order valence-electron chi connectivity index (χ3n) is 5.67. The number of halogens is 1. The Hall–Kier alpha value is -3.73. The predicted molar refractivity (Wildman–Crippen MR) is 159 cm³/mol. The number of carbonyl (C=O) groups excluding carboxylic acids is 1. The molecular weight excluding hydrogens is 609 g/mol. The summed E-state index contributed by atoms with van der Waals surface area (Å²) in [6.07, 6.45) is 1.54. The maximum Gasteiger partial charge on any atom is 0.307 e. The summed E-state index contributed by atoms with van der Waals surface area (Å²) in [6.45, 7) is 10.3. The fourth-order valence-corrected chi connectivity index (χ4v) is 4.67. The SMILES string of the molecule is COc1cc(/C=N/NC(=O)c2ccc(COc3ccc(-n4c(C)ccc4C)cc3)o2)cc(I)c1OC(C)(C)C. The number of hydrazone groups is 1. The van der Waals surface area contributed by atoms with Crippen LogP contribution in [0.4, 0.5) is 0 Å². The average Bonchev–Trinajstić information content (AvgIpc) is 3.50. The van der Waals surface area contributed by atoms with E-state index in [2.05, 4.69) is 63.7 Å². The smallest absolute Gasteiger partial charge is 0.307 e. The molecule has 0 fully saturated rings. The van der Waals surface area contributed by atoms with Gasteiger partial charge >= 0.3 is 5.91 Å². The molecule has 0 bridgehead atoms. The van der Waals surface area contributed by atoms with E-state index < -0.39 is 5.91 Å². The highest BCUT2D eigenvalue weighted by atomic mass is 127. The number of carbonyl (C=O) groups is 1. The van der Waals surface area contributed by atoms with Gasteiger partial charge in [-0.2, -0.15) is 5.10 Å². The lowest BCUT2D eigenvalue weighted by atomic mass is 10.1. The molecular formula is C30H32IN3O5. The zero-order chi connectivity index (χ0) is 28.2. The second kappa shape index (κ2) is 12.0. The van der Waals surface area contributed by atoms with E-state index >= 15 is 0 Å². The van der Waals surface area contributed by atoms with Crippen molar-refractivity contribution < 1.29 is 23.4 Å². The first kappa shape index (κ1) is 28.3. The van der Waals surface area contributed by atoms with Crippen LogP contribution >= 0.6 is 22.6 Å². The van der Waals surface area contributed by atoms with E-state index in [0.717, 1.165) is 14.8 Å². The minimum atomic E-state index is -0.464. The van der Waals surface area contributed by atoms with Crippen molar-refractivity contribution in [3.63, 3.8) is 0 Å². The molecule has 2 aromatic carbocycles. The van der Waals surface area contributed by atoms with Gasteiger partial charge < -0.3 is 23.2 Å². The average molecular weight is 642 g/mol. The fourth-order valence-electron chi connectivity index (χ4n) is 3.94. The maximum absolute atomic E-state index is 12.5. The molecule has 39 heavy (non-hydrogen) atoms. The molecule has 4 aromatic rings. The van der Waals surface area contributed by atoms with Crippen molar-refractivity contribution in [1.82, 2.24) is 9.99 Å². The summed E-state index contributed by atoms with van der Waals surface area (Å²) in [4.78, 5) is 12.5. The number of nitrogens with zero attached hydrogens (tertiary/aromatic N) is 2. The van der Waals surface area contributed by atoms with Gasteiger partial charge in [-0.25, -0.2) is 5.43 Å². The van der Waals surface area contributed by atoms with Gasteiger partial charge in [0.25, 0.3) is 0 Å². The summed E-state index contributed by atoms with van der Waals surface area (Å²) in [5, 5.41) is 4.07. The number of hydrogen-bond acceptors (Lipinski definition) is 6. The molecule has 8 nitrogen and oxygen atoms in total. The summed E-state index contributed by atoms with van der Waals surface area (Å²) in [7, 11) is 1.59. The van der Waals surface area contributed by atoms with Gasteiger partial charge in [0.1, 0.15) is 23.7 Å². The monoisotopic (exact) mass is 641 g/mol. The highest BCUT2D eigenvalue weighted by molar-refractivity contribution is 14.1. The van der Waals surface area contributed by atoms with Crippen LogP contribution in [-0.2, 0) is 6.61 Å². The van der Waals surface area contributed by atoms with Crippen LogP contribution < -0.4 is 19.6 Å². The molecule has 0 radical (unpaired) electrons. The van der Waals surface area contributed by atoms with Crippen molar-refractivity contribution in [3.8, 4) is 22.9 Å². The molecule has 0 aliphatic carbocycles. The molecule has 0 aliphatic heterocycles. The molecule has 2 heterocycles. The normalized spacial score (nSPS) is 11.6. The molecule has 0 atom stereocenters. The number of rotatable bonds is 9. The number of hydrogen-bond donors (Lipinski definition) is 1. The van der Waals surface area contributed by atoms with Gasteiger partial charge in [0.15, 0.2) is 17.3 Å². The quantitative estimate of drug-likeness (QED) is 0.123. The van der Waals surface area contributed by atoms with Gasteiger partial charge in [0.05, 0.1) is 16.9 Å². The molecule has 204 valence electrons. The molecule has 0 aliphatic rings. The van der Waals surface area contributed by atoms with Crippen LogP contribution in [-0.4, -0.2) is 29.4 Å². The first-order chi connectivity index (χ1) is 18.5. The first-order valence-corrected chi connectivity index (χ1v) is 13.5. The molecule has 9 heteroatoms. The van der Waals surface area contributed by atoms with Gasteiger partial charge in [-0.3, -0.25) is 4.79 Å². The van der Waals surface area contributed by atoms with Crippen LogP contribution in [0.2, 0.25) is 0 Å². The number of aryl methyl sites for hydroxylation is 2. The zero-order valence-corrected chi connectivity index (χ0v) is 25.0. The molecule has 0 spiro atoms. The summed E-state index contributed by atoms with van der Waals surface area (Å²) in [5.41, 5.74) is 6.29. The summed E-state index contributed by atoms with van der Waals surface area (Å²) in [5.74, 6) is 2.16. The Labute approximate surface area is 242 Å². The van der Waals surface area contributed by atoms with E-state index in [1.807, 2.05) is 51.1 Å². The summed E-state index contributed by atoms with van der Waals surface area (Å²) < 4.78 is 26.1. The van der Waals surface area contributed by atoms with Crippen molar-refractivity contribution in [2.75, 3.05) is 7.11 Å². The molecule has 0 saturated heterocycles.